The monoisotopic (exact) mass is 540 g/mol. The molecule has 2 heterocycles. The summed E-state index contributed by atoms with van der Waals surface area (Å²) in [5.74, 6) is -1.59. The first kappa shape index (κ1) is 27.1. The van der Waals surface area contributed by atoms with Crippen LogP contribution in [0.3, 0.4) is 0 Å². The molecule has 0 saturated carbocycles. The quantitative estimate of drug-likeness (QED) is 0.560. The number of halogens is 1. The molecule has 2 unspecified atom stereocenters. The Bertz CT molecular complexity index is 1300. The summed E-state index contributed by atoms with van der Waals surface area (Å²) in [6.45, 7) is 5.35. The zero-order valence-corrected chi connectivity index (χ0v) is 22.3. The van der Waals surface area contributed by atoms with E-state index in [1.165, 1.54) is 9.80 Å². The second-order valence-corrected chi connectivity index (χ2v) is 10.7. The number of likely N-dealkylation sites (N-methyl/N-ethyl adjacent to an activating group) is 1. The second-order valence-electron chi connectivity index (χ2n) is 10.3. The fourth-order valence-corrected chi connectivity index (χ4v) is 4.58. The molecular formula is C27H29ClN4O6. The highest BCUT2D eigenvalue weighted by atomic mass is 35.5. The van der Waals surface area contributed by atoms with E-state index < -0.39 is 35.6 Å². The van der Waals surface area contributed by atoms with Crippen LogP contribution in [0.15, 0.2) is 42.5 Å². The van der Waals surface area contributed by atoms with Crippen LogP contribution in [0.1, 0.15) is 61.1 Å². The number of alkyl carbamates (subject to hydrolysis) is 1. The zero-order chi connectivity index (χ0) is 27.8. The Hall–Kier alpha value is -3.92. The summed E-state index contributed by atoms with van der Waals surface area (Å²) < 4.78 is 5.36. The highest BCUT2D eigenvalue weighted by Gasteiger charge is 2.39. The maximum atomic E-state index is 13.6. The van der Waals surface area contributed by atoms with Gasteiger partial charge in [0.1, 0.15) is 17.7 Å². The fraction of sp³-hybridized carbons (Fsp3) is 0.370. The van der Waals surface area contributed by atoms with Crippen LogP contribution in [0.2, 0.25) is 5.02 Å². The van der Waals surface area contributed by atoms with E-state index in [9.17, 15) is 24.0 Å². The summed E-state index contributed by atoms with van der Waals surface area (Å²) >= 11 is 6.02. The minimum Gasteiger partial charge on any atom is -0.444 e. The Morgan fingerprint density at radius 2 is 1.82 bits per heavy atom. The van der Waals surface area contributed by atoms with Crippen molar-refractivity contribution < 1.29 is 28.7 Å². The number of piperidine rings is 1. The van der Waals surface area contributed by atoms with E-state index in [2.05, 4.69) is 10.6 Å². The van der Waals surface area contributed by atoms with Crippen LogP contribution < -0.4 is 15.5 Å². The van der Waals surface area contributed by atoms with Crippen LogP contribution in [-0.2, 0) is 25.7 Å². The first-order valence-corrected chi connectivity index (χ1v) is 12.5. The lowest BCUT2D eigenvalue weighted by molar-refractivity contribution is -0.137. The van der Waals surface area contributed by atoms with Gasteiger partial charge in [0.2, 0.25) is 11.8 Å². The normalized spacial score (nSPS) is 18.0. The van der Waals surface area contributed by atoms with E-state index in [0.717, 1.165) is 0 Å². The number of imide groups is 1. The number of amides is 5. The number of anilines is 1. The van der Waals surface area contributed by atoms with Crippen LogP contribution in [0.5, 0.6) is 0 Å². The number of hydrogen-bond acceptors (Lipinski definition) is 6. The number of rotatable bonds is 5. The van der Waals surface area contributed by atoms with Gasteiger partial charge in [0.05, 0.1) is 0 Å². The van der Waals surface area contributed by atoms with Gasteiger partial charge in [0, 0.05) is 36.3 Å². The van der Waals surface area contributed by atoms with E-state index in [1.807, 2.05) is 0 Å². The Morgan fingerprint density at radius 3 is 2.45 bits per heavy atom. The lowest BCUT2D eigenvalue weighted by atomic mass is 10.0. The van der Waals surface area contributed by atoms with Gasteiger partial charge in [-0.2, -0.15) is 0 Å². The zero-order valence-electron chi connectivity index (χ0n) is 21.5. The van der Waals surface area contributed by atoms with Crippen molar-refractivity contribution in [3.8, 4) is 0 Å². The van der Waals surface area contributed by atoms with Gasteiger partial charge in [-0.3, -0.25) is 24.5 Å². The third kappa shape index (κ3) is 5.80. The van der Waals surface area contributed by atoms with Crippen LogP contribution in [0.4, 0.5) is 10.5 Å². The average Bonchev–Trinajstić information content (AvgIpc) is 3.16. The van der Waals surface area contributed by atoms with E-state index in [-0.39, 0.29) is 31.2 Å². The minimum absolute atomic E-state index is 0.162. The molecule has 2 aromatic carbocycles. The van der Waals surface area contributed by atoms with E-state index >= 15 is 0 Å². The van der Waals surface area contributed by atoms with Crippen molar-refractivity contribution in [3.63, 3.8) is 0 Å². The summed E-state index contributed by atoms with van der Waals surface area (Å²) in [6, 6.07) is 9.70. The molecule has 38 heavy (non-hydrogen) atoms. The van der Waals surface area contributed by atoms with Crippen LogP contribution in [0.25, 0.3) is 0 Å². The predicted octanol–water partition coefficient (Wildman–Crippen LogP) is 3.33. The van der Waals surface area contributed by atoms with Crippen LogP contribution >= 0.6 is 11.6 Å². The number of ether oxygens (including phenoxy) is 1. The summed E-state index contributed by atoms with van der Waals surface area (Å²) in [5.41, 5.74) is 1.33. The first-order chi connectivity index (χ1) is 17.8. The molecule has 1 fully saturated rings. The smallest absolute Gasteiger partial charge is 0.408 e. The minimum atomic E-state index is -1.07. The van der Waals surface area contributed by atoms with Gasteiger partial charge >= 0.3 is 6.09 Å². The van der Waals surface area contributed by atoms with Gasteiger partial charge in [-0.1, -0.05) is 23.7 Å². The SMILES string of the molecule is CN(C(=O)C(NC(=O)OC(C)(C)C)c1ccc(Cl)cc1)c1ccc2c(c1)CN(C1CCC(=O)NC1=O)C2=O. The molecule has 2 N–H and O–H groups in total. The Morgan fingerprint density at radius 1 is 1.13 bits per heavy atom. The number of hydrogen-bond donors (Lipinski definition) is 2. The van der Waals surface area contributed by atoms with Gasteiger partial charge in [-0.05, 0) is 68.7 Å². The molecule has 0 bridgehead atoms. The number of nitrogens with zero attached hydrogens (tertiary/aromatic N) is 2. The van der Waals surface area contributed by atoms with Crippen molar-refractivity contribution in [2.75, 3.05) is 11.9 Å². The number of fused-ring (bicyclic) bond motifs is 1. The number of nitrogens with one attached hydrogen (secondary N) is 2. The maximum absolute atomic E-state index is 13.6. The third-order valence-corrected chi connectivity index (χ3v) is 6.59. The van der Waals surface area contributed by atoms with Crippen molar-refractivity contribution in [2.45, 2.75) is 57.8 Å². The number of benzene rings is 2. The second kappa shape index (κ2) is 10.4. The highest BCUT2D eigenvalue weighted by Crippen LogP contribution is 2.31. The number of carbonyl (C=O) groups is 5. The van der Waals surface area contributed by atoms with Gasteiger partial charge in [-0.15, -0.1) is 0 Å². The lowest BCUT2D eigenvalue weighted by Gasteiger charge is -2.29. The van der Waals surface area contributed by atoms with Gasteiger partial charge in [0.15, 0.2) is 0 Å². The first-order valence-electron chi connectivity index (χ1n) is 12.1. The summed E-state index contributed by atoms with van der Waals surface area (Å²) in [7, 11) is 1.57. The Labute approximate surface area is 225 Å². The molecule has 0 aromatic heterocycles. The lowest BCUT2D eigenvalue weighted by Crippen LogP contribution is -2.52. The fourth-order valence-electron chi connectivity index (χ4n) is 4.46. The predicted molar refractivity (Wildman–Crippen MR) is 139 cm³/mol. The third-order valence-electron chi connectivity index (χ3n) is 6.34. The molecular weight excluding hydrogens is 512 g/mol. The van der Waals surface area contributed by atoms with Gasteiger partial charge in [-0.25, -0.2) is 4.79 Å². The number of carbonyl (C=O) groups excluding carboxylic acids is 5. The van der Waals surface area contributed by atoms with Crippen molar-refractivity contribution in [3.05, 3.63) is 64.2 Å². The molecule has 2 aromatic rings. The molecule has 2 atom stereocenters. The molecule has 5 amide bonds. The highest BCUT2D eigenvalue weighted by molar-refractivity contribution is 6.30. The topological polar surface area (TPSA) is 125 Å². The van der Waals surface area contributed by atoms with Gasteiger partial charge in [0.25, 0.3) is 11.8 Å². The molecule has 4 rings (SSSR count). The molecule has 0 radical (unpaired) electrons. The van der Waals surface area contributed by atoms with Crippen LogP contribution in [0, 0.1) is 0 Å². The molecule has 2 aliphatic heterocycles. The van der Waals surface area contributed by atoms with Gasteiger partial charge < -0.3 is 19.9 Å². The summed E-state index contributed by atoms with van der Waals surface area (Å²) in [6.07, 6.45) is -0.330. The average molecular weight is 541 g/mol. The van der Waals surface area contributed by atoms with Crippen molar-refractivity contribution >= 4 is 47.0 Å². The standard InChI is InChI=1S/C27H29ClN4O6/c1-27(2,3)38-26(37)30-22(15-5-7-17(28)8-6-15)25(36)31(4)18-9-10-19-16(13-18)14-32(24(19)35)20-11-12-21(33)29-23(20)34/h5-10,13,20,22H,11-12,14H2,1-4H3,(H,30,37)(H,29,33,34). The molecule has 0 aliphatic carbocycles. The summed E-state index contributed by atoms with van der Waals surface area (Å²) in [5, 5.41) is 5.41. The molecule has 10 nitrogen and oxygen atoms in total. The van der Waals surface area contributed by atoms with E-state index in [0.29, 0.717) is 27.4 Å². The van der Waals surface area contributed by atoms with Crippen molar-refractivity contribution in [1.29, 1.82) is 0 Å². The largest absolute Gasteiger partial charge is 0.444 e. The Balaban J connectivity index is 1.56. The molecule has 200 valence electrons. The molecule has 2 aliphatic rings. The van der Waals surface area contributed by atoms with E-state index in [4.69, 9.17) is 16.3 Å². The van der Waals surface area contributed by atoms with Crippen molar-refractivity contribution in [2.24, 2.45) is 0 Å². The van der Waals surface area contributed by atoms with Crippen LogP contribution in [-0.4, -0.2) is 53.3 Å². The molecule has 0 spiro atoms. The molecule has 11 heteroatoms. The van der Waals surface area contributed by atoms with E-state index in [1.54, 1.807) is 70.3 Å². The summed E-state index contributed by atoms with van der Waals surface area (Å²) in [4.78, 5) is 65.9. The maximum Gasteiger partial charge on any atom is 0.408 e. The Kier molecular flexibility index (Phi) is 7.46. The van der Waals surface area contributed by atoms with Crippen molar-refractivity contribution in [1.82, 2.24) is 15.5 Å². The molecule has 1 saturated heterocycles.